The Bertz CT molecular complexity index is 773. The Morgan fingerprint density at radius 1 is 1.14 bits per heavy atom. The number of aromatic nitrogens is 2. The molecule has 0 amide bonds. The fourth-order valence-corrected chi connectivity index (χ4v) is 2.27. The minimum Gasteiger partial charge on any atom is -0.491 e. The molecule has 0 bridgehead atoms. The summed E-state index contributed by atoms with van der Waals surface area (Å²) >= 11 is 0. The average Bonchev–Trinajstić information content (AvgIpc) is 2.90. The standard InChI is InChI=1S/C17H16N2O2/c1-12(2)21-15-6-4-14(5-7-15)19-11-18-16-9-13(10-20)3-8-17(16)19/h3-12H,1-2H3. The lowest BCUT2D eigenvalue weighted by Crippen LogP contribution is -2.05. The van der Waals surface area contributed by atoms with Gasteiger partial charge in [0.15, 0.2) is 0 Å². The molecule has 0 N–H and O–H groups in total. The first-order chi connectivity index (χ1) is 10.2. The highest BCUT2D eigenvalue weighted by Gasteiger charge is 2.06. The monoisotopic (exact) mass is 280 g/mol. The molecule has 0 fully saturated rings. The molecule has 3 aromatic rings. The summed E-state index contributed by atoms with van der Waals surface area (Å²) in [5.41, 5.74) is 3.42. The van der Waals surface area contributed by atoms with Crippen LogP contribution in [0.25, 0.3) is 16.7 Å². The Labute approximate surface area is 123 Å². The number of aldehydes is 1. The van der Waals surface area contributed by atoms with Crippen LogP contribution < -0.4 is 4.74 Å². The van der Waals surface area contributed by atoms with E-state index in [1.165, 1.54) is 0 Å². The van der Waals surface area contributed by atoms with Crippen molar-refractivity contribution in [3.05, 3.63) is 54.4 Å². The van der Waals surface area contributed by atoms with Gasteiger partial charge >= 0.3 is 0 Å². The second kappa shape index (κ2) is 5.40. The summed E-state index contributed by atoms with van der Waals surface area (Å²) in [6, 6.07) is 13.4. The molecule has 0 spiro atoms. The van der Waals surface area contributed by atoms with Crippen LogP contribution in [0.3, 0.4) is 0 Å². The van der Waals surface area contributed by atoms with Gasteiger partial charge < -0.3 is 4.74 Å². The number of carbonyl (C=O) groups excluding carboxylic acids is 1. The molecule has 0 aliphatic carbocycles. The highest BCUT2D eigenvalue weighted by atomic mass is 16.5. The molecule has 0 saturated carbocycles. The maximum atomic E-state index is 10.8. The predicted octanol–water partition coefficient (Wildman–Crippen LogP) is 3.63. The summed E-state index contributed by atoms with van der Waals surface area (Å²) < 4.78 is 7.63. The molecule has 106 valence electrons. The van der Waals surface area contributed by atoms with E-state index in [9.17, 15) is 4.79 Å². The van der Waals surface area contributed by atoms with Crippen LogP contribution in [-0.2, 0) is 0 Å². The molecule has 1 heterocycles. The number of nitrogens with zero attached hydrogens (tertiary/aromatic N) is 2. The first kappa shape index (κ1) is 13.4. The third-order valence-corrected chi connectivity index (χ3v) is 3.19. The summed E-state index contributed by atoms with van der Waals surface area (Å²) in [5.74, 6) is 0.849. The van der Waals surface area contributed by atoms with Gasteiger partial charge in [-0.3, -0.25) is 9.36 Å². The average molecular weight is 280 g/mol. The van der Waals surface area contributed by atoms with Gasteiger partial charge in [0, 0.05) is 11.3 Å². The minimum absolute atomic E-state index is 0.159. The molecule has 3 rings (SSSR count). The lowest BCUT2D eigenvalue weighted by molar-refractivity contribution is 0.112. The molecule has 21 heavy (non-hydrogen) atoms. The Kier molecular flexibility index (Phi) is 3.44. The van der Waals surface area contributed by atoms with Crippen LogP contribution in [-0.4, -0.2) is 21.9 Å². The van der Waals surface area contributed by atoms with Gasteiger partial charge in [0.1, 0.15) is 18.4 Å². The maximum Gasteiger partial charge on any atom is 0.150 e. The molecule has 1 aromatic heterocycles. The van der Waals surface area contributed by atoms with E-state index in [4.69, 9.17) is 4.74 Å². The Morgan fingerprint density at radius 3 is 2.57 bits per heavy atom. The number of ether oxygens (including phenoxy) is 1. The van der Waals surface area contributed by atoms with Gasteiger partial charge in [-0.2, -0.15) is 0 Å². The van der Waals surface area contributed by atoms with E-state index in [2.05, 4.69) is 4.98 Å². The molecule has 0 aliphatic heterocycles. The van der Waals surface area contributed by atoms with Crippen LogP contribution in [0.4, 0.5) is 0 Å². The first-order valence-corrected chi connectivity index (χ1v) is 6.87. The van der Waals surface area contributed by atoms with Crippen molar-refractivity contribution in [2.24, 2.45) is 0 Å². The van der Waals surface area contributed by atoms with Crippen molar-refractivity contribution in [2.45, 2.75) is 20.0 Å². The van der Waals surface area contributed by atoms with Crippen LogP contribution in [0.1, 0.15) is 24.2 Å². The fourth-order valence-electron chi connectivity index (χ4n) is 2.27. The second-order valence-corrected chi connectivity index (χ2v) is 5.14. The lowest BCUT2D eigenvalue weighted by Gasteiger charge is -2.10. The SMILES string of the molecule is CC(C)Oc1ccc(-n2cnc3cc(C=O)ccc32)cc1. The summed E-state index contributed by atoms with van der Waals surface area (Å²) in [7, 11) is 0. The van der Waals surface area contributed by atoms with Crippen molar-refractivity contribution >= 4 is 17.3 Å². The van der Waals surface area contributed by atoms with Gasteiger partial charge in [-0.1, -0.05) is 0 Å². The highest BCUT2D eigenvalue weighted by Crippen LogP contribution is 2.21. The van der Waals surface area contributed by atoms with E-state index >= 15 is 0 Å². The summed E-state index contributed by atoms with van der Waals surface area (Å²) in [5, 5.41) is 0. The predicted molar refractivity (Wildman–Crippen MR) is 82.2 cm³/mol. The van der Waals surface area contributed by atoms with E-state index in [0.29, 0.717) is 5.56 Å². The van der Waals surface area contributed by atoms with Crippen LogP contribution >= 0.6 is 0 Å². The number of fused-ring (bicyclic) bond motifs is 1. The van der Waals surface area contributed by atoms with Crippen LogP contribution in [0.5, 0.6) is 5.75 Å². The summed E-state index contributed by atoms with van der Waals surface area (Å²) in [6.45, 7) is 4.00. The number of rotatable bonds is 4. The zero-order chi connectivity index (χ0) is 14.8. The van der Waals surface area contributed by atoms with E-state index in [1.807, 2.05) is 48.7 Å². The van der Waals surface area contributed by atoms with Crippen molar-refractivity contribution in [1.29, 1.82) is 0 Å². The molecular weight excluding hydrogens is 264 g/mol. The number of carbonyl (C=O) groups is 1. The topological polar surface area (TPSA) is 44.1 Å². The third-order valence-electron chi connectivity index (χ3n) is 3.19. The quantitative estimate of drug-likeness (QED) is 0.685. The normalized spacial score (nSPS) is 11.0. The van der Waals surface area contributed by atoms with E-state index in [0.717, 1.165) is 28.8 Å². The van der Waals surface area contributed by atoms with Gasteiger partial charge in [0.05, 0.1) is 17.1 Å². The molecule has 0 atom stereocenters. The number of hydrogen-bond acceptors (Lipinski definition) is 3. The molecular formula is C17H16N2O2. The Balaban J connectivity index is 1.98. The molecule has 2 aromatic carbocycles. The Hall–Kier alpha value is -2.62. The van der Waals surface area contributed by atoms with Gasteiger partial charge in [-0.05, 0) is 56.3 Å². The molecule has 0 aliphatic rings. The van der Waals surface area contributed by atoms with Crippen LogP contribution in [0, 0.1) is 0 Å². The molecule has 0 radical (unpaired) electrons. The zero-order valence-corrected chi connectivity index (χ0v) is 12.0. The van der Waals surface area contributed by atoms with Crippen molar-refractivity contribution < 1.29 is 9.53 Å². The van der Waals surface area contributed by atoms with Gasteiger partial charge in [0.2, 0.25) is 0 Å². The summed E-state index contributed by atoms with van der Waals surface area (Å²) in [6.07, 6.45) is 2.75. The largest absolute Gasteiger partial charge is 0.491 e. The zero-order valence-electron chi connectivity index (χ0n) is 12.0. The van der Waals surface area contributed by atoms with Crippen molar-refractivity contribution in [3.63, 3.8) is 0 Å². The number of imidazole rings is 1. The van der Waals surface area contributed by atoms with Crippen LogP contribution in [0.15, 0.2) is 48.8 Å². The van der Waals surface area contributed by atoms with Crippen LogP contribution in [0.2, 0.25) is 0 Å². The molecule has 0 unspecified atom stereocenters. The second-order valence-electron chi connectivity index (χ2n) is 5.14. The van der Waals surface area contributed by atoms with Crippen molar-refractivity contribution in [1.82, 2.24) is 9.55 Å². The van der Waals surface area contributed by atoms with Gasteiger partial charge in [-0.25, -0.2) is 4.98 Å². The Morgan fingerprint density at radius 2 is 1.90 bits per heavy atom. The third kappa shape index (κ3) is 2.65. The maximum absolute atomic E-state index is 10.8. The number of benzene rings is 2. The summed E-state index contributed by atoms with van der Waals surface area (Å²) in [4.78, 5) is 15.2. The van der Waals surface area contributed by atoms with E-state index in [1.54, 1.807) is 18.5 Å². The van der Waals surface area contributed by atoms with E-state index < -0.39 is 0 Å². The number of hydrogen-bond donors (Lipinski definition) is 0. The van der Waals surface area contributed by atoms with Crippen molar-refractivity contribution in [2.75, 3.05) is 0 Å². The minimum atomic E-state index is 0.159. The molecule has 4 heteroatoms. The van der Waals surface area contributed by atoms with Gasteiger partial charge in [0.25, 0.3) is 0 Å². The highest BCUT2D eigenvalue weighted by molar-refractivity contribution is 5.85. The van der Waals surface area contributed by atoms with Gasteiger partial charge in [-0.15, -0.1) is 0 Å². The smallest absolute Gasteiger partial charge is 0.150 e. The first-order valence-electron chi connectivity index (χ1n) is 6.87. The lowest BCUT2D eigenvalue weighted by atomic mass is 10.2. The van der Waals surface area contributed by atoms with E-state index in [-0.39, 0.29) is 6.10 Å². The molecule has 4 nitrogen and oxygen atoms in total. The fraction of sp³-hybridized carbons (Fsp3) is 0.176. The molecule has 0 saturated heterocycles. The van der Waals surface area contributed by atoms with Crippen molar-refractivity contribution in [3.8, 4) is 11.4 Å².